The summed E-state index contributed by atoms with van der Waals surface area (Å²) in [6.45, 7) is 1.67. The second-order valence-electron chi connectivity index (χ2n) is 3.65. The third kappa shape index (κ3) is 3.65. The molecule has 2 N–H and O–H groups in total. The molecule has 0 spiro atoms. The van der Waals surface area contributed by atoms with E-state index in [1.54, 1.807) is 6.20 Å². The molecular weight excluding hydrogens is 226 g/mol. The van der Waals surface area contributed by atoms with Crippen molar-refractivity contribution in [3.05, 3.63) is 48.3 Å². The second-order valence-corrected chi connectivity index (χ2v) is 3.65. The fourth-order valence-electron chi connectivity index (χ4n) is 1.51. The van der Waals surface area contributed by atoms with Crippen LogP contribution in [0.3, 0.4) is 0 Å². The van der Waals surface area contributed by atoms with Gasteiger partial charge in [0.25, 0.3) is 0 Å². The van der Waals surface area contributed by atoms with Gasteiger partial charge in [0.2, 0.25) is 0 Å². The maximum Gasteiger partial charge on any atom is 0.120 e. The van der Waals surface area contributed by atoms with E-state index in [-0.39, 0.29) is 0 Å². The van der Waals surface area contributed by atoms with Crippen LogP contribution in [0, 0.1) is 11.8 Å². The Morgan fingerprint density at radius 2 is 2.28 bits per heavy atom. The van der Waals surface area contributed by atoms with Gasteiger partial charge in [0.1, 0.15) is 12.4 Å². The lowest BCUT2D eigenvalue weighted by molar-refractivity contribution is 0.291. The van der Waals surface area contributed by atoms with Gasteiger partial charge >= 0.3 is 0 Å². The lowest BCUT2D eigenvalue weighted by Crippen LogP contribution is -2.08. The molecule has 4 heteroatoms. The first-order valence-corrected chi connectivity index (χ1v) is 5.78. The van der Waals surface area contributed by atoms with Crippen LogP contribution in [0.5, 0.6) is 5.75 Å². The molecule has 0 saturated heterocycles. The van der Waals surface area contributed by atoms with E-state index in [1.165, 1.54) is 0 Å². The largest absolute Gasteiger partial charge is 0.492 e. The third-order valence-corrected chi connectivity index (χ3v) is 2.32. The van der Waals surface area contributed by atoms with Gasteiger partial charge in [0.15, 0.2) is 0 Å². The van der Waals surface area contributed by atoms with E-state index in [9.17, 15) is 0 Å². The molecule has 0 unspecified atom stereocenters. The molecular formula is C14H15N3O. The molecule has 0 aliphatic carbocycles. The monoisotopic (exact) mass is 241 g/mol. The van der Waals surface area contributed by atoms with Crippen LogP contribution in [0.25, 0.3) is 0 Å². The highest BCUT2D eigenvalue weighted by atomic mass is 16.5. The van der Waals surface area contributed by atoms with Crippen molar-refractivity contribution in [2.75, 3.05) is 13.2 Å². The Morgan fingerprint density at radius 3 is 3.06 bits per heavy atom. The molecule has 4 nitrogen and oxygen atoms in total. The maximum absolute atomic E-state index is 5.64. The Bertz CT molecular complexity index is 538. The average Bonchev–Trinajstić information content (AvgIpc) is 2.90. The summed E-state index contributed by atoms with van der Waals surface area (Å²) in [7, 11) is 0. The highest BCUT2D eigenvalue weighted by Crippen LogP contribution is 2.12. The molecule has 2 aromatic rings. The summed E-state index contributed by atoms with van der Waals surface area (Å²) in [6, 6.07) is 9.57. The van der Waals surface area contributed by atoms with Crippen molar-refractivity contribution in [1.29, 1.82) is 0 Å². The number of ether oxygens (including phenoxy) is 1. The van der Waals surface area contributed by atoms with Gasteiger partial charge in [-0.15, -0.1) is 0 Å². The number of aromatic nitrogens is 2. The minimum atomic E-state index is 0.365. The van der Waals surface area contributed by atoms with Crippen LogP contribution < -0.4 is 10.5 Å². The van der Waals surface area contributed by atoms with Crippen LogP contribution in [0.1, 0.15) is 5.56 Å². The Morgan fingerprint density at radius 1 is 1.33 bits per heavy atom. The predicted octanol–water partition coefficient (Wildman–Crippen LogP) is 1.27. The first-order valence-electron chi connectivity index (χ1n) is 5.78. The molecule has 0 atom stereocenters. The minimum absolute atomic E-state index is 0.365. The molecule has 0 bridgehead atoms. The van der Waals surface area contributed by atoms with Gasteiger partial charge in [0, 0.05) is 18.0 Å². The molecule has 18 heavy (non-hydrogen) atoms. The van der Waals surface area contributed by atoms with Gasteiger partial charge in [-0.1, -0.05) is 17.9 Å². The summed E-state index contributed by atoms with van der Waals surface area (Å²) in [5, 5.41) is 4.11. The van der Waals surface area contributed by atoms with E-state index in [0.717, 1.165) is 17.9 Å². The lowest BCUT2D eigenvalue weighted by atomic mass is 10.2. The molecule has 1 aromatic carbocycles. The maximum atomic E-state index is 5.64. The van der Waals surface area contributed by atoms with Crippen molar-refractivity contribution in [2.24, 2.45) is 5.73 Å². The standard InChI is InChI=1S/C14H15N3O/c15-7-2-5-13-4-1-6-14(12-13)18-11-10-17-9-3-8-16-17/h1,3-4,6,8-9,12H,7,10-11,15H2. The lowest BCUT2D eigenvalue weighted by Gasteiger charge is -2.06. The van der Waals surface area contributed by atoms with Gasteiger partial charge in [-0.05, 0) is 24.3 Å². The number of nitrogens with zero attached hydrogens (tertiary/aromatic N) is 2. The van der Waals surface area contributed by atoms with Gasteiger partial charge in [0.05, 0.1) is 13.1 Å². The number of benzene rings is 1. The van der Waals surface area contributed by atoms with Crippen molar-refractivity contribution in [1.82, 2.24) is 9.78 Å². The number of hydrogen-bond acceptors (Lipinski definition) is 3. The van der Waals surface area contributed by atoms with Crippen LogP contribution in [0.2, 0.25) is 0 Å². The minimum Gasteiger partial charge on any atom is -0.492 e. The van der Waals surface area contributed by atoms with E-state index < -0.39 is 0 Å². The molecule has 1 aromatic heterocycles. The zero-order valence-corrected chi connectivity index (χ0v) is 10.0. The van der Waals surface area contributed by atoms with E-state index >= 15 is 0 Å². The number of rotatable bonds is 4. The van der Waals surface area contributed by atoms with Crippen molar-refractivity contribution in [3.63, 3.8) is 0 Å². The van der Waals surface area contributed by atoms with Crippen molar-refractivity contribution in [2.45, 2.75) is 6.54 Å². The molecule has 0 aliphatic rings. The number of hydrogen-bond donors (Lipinski definition) is 1. The van der Waals surface area contributed by atoms with Gasteiger partial charge in [-0.2, -0.15) is 5.10 Å². The summed E-state index contributed by atoms with van der Waals surface area (Å²) >= 11 is 0. The molecule has 1 heterocycles. The zero-order valence-electron chi connectivity index (χ0n) is 10.0. The highest BCUT2D eigenvalue weighted by molar-refractivity contribution is 5.39. The molecule has 0 amide bonds. The molecule has 0 saturated carbocycles. The highest BCUT2D eigenvalue weighted by Gasteiger charge is 1.96. The Hall–Kier alpha value is -2.25. The normalized spacial score (nSPS) is 9.61. The SMILES string of the molecule is NCC#Cc1cccc(OCCn2cccn2)c1. The van der Waals surface area contributed by atoms with E-state index in [1.807, 2.05) is 41.2 Å². The Labute approximate surface area is 106 Å². The third-order valence-electron chi connectivity index (χ3n) is 2.32. The second kappa shape index (κ2) is 6.48. The van der Waals surface area contributed by atoms with Crippen LogP contribution in [-0.4, -0.2) is 22.9 Å². The van der Waals surface area contributed by atoms with Gasteiger partial charge in [-0.25, -0.2) is 0 Å². The first-order chi connectivity index (χ1) is 8.88. The quantitative estimate of drug-likeness (QED) is 0.820. The van der Waals surface area contributed by atoms with E-state index in [0.29, 0.717) is 13.2 Å². The number of nitrogens with two attached hydrogens (primary N) is 1. The summed E-state index contributed by atoms with van der Waals surface area (Å²) in [5.41, 5.74) is 6.25. The average molecular weight is 241 g/mol. The van der Waals surface area contributed by atoms with E-state index in [4.69, 9.17) is 10.5 Å². The molecule has 2 rings (SSSR count). The van der Waals surface area contributed by atoms with Crippen molar-refractivity contribution < 1.29 is 4.74 Å². The zero-order chi connectivity index (χ0) is 12.6. The fraction of sp³-hybridized carbons (Fsp3) is 0.214. The smallest absolute Gasteiger partial charge is 0.120 e. The van der Waals surface area contributed by atoms with Crippen LogP contribution in [0.15, 0.2) is 42.7 Å². The summed E-state index contributed by atoms with van der Waals surface area (Å²) < 4.78 is 7.47. The molecule has 0 radical (unpaired) electrons. The topological polar surface area (TPSA) is 53.1 Å². The van der Waals surface area contributed by atoms with Gasteiger partial charge < -0.3 is 10.5 Å². The first kappa shape index (κ1) is 12.2. The molecule has 92 valence electrons. The van der Waals surface area contributed by atoms with Crippen LogP contribution >= 0.6 is 0 Å². The Balaban J connectivity index is 1.89. The summed E-state index contributed by atoms with van der Waals surface area (Å²) in [5.74, 6) is 6.61. The summed E-state index contributed by atoms with van der Waals surface area (Å²) in [4.78, 5) is 0. The summed E-state index contributed by atoms with van der Waals surface area (Å²) in [6.07, 6.45) is 3.66. The fourth-order valence-corrected chi connectivity index (χ4v) is 1.51. The Kier molecular flexibility index (Phi) is 4.39. The van der Waals surface area contributed by atoms with Gasteiger partial charge in [-0.3, -0.25) is 4.68 Å². The van der Waals surface area contributed by atoms with E-state index in [2.05, 4.69) is 16.9 Å². The van der Waals surface area contributed by atoms with Crippen LogP contribution in [0.4, 0.5) is 0 Å². The van der Waals surface area contributed by atoms with Crippen LogP contribution in [-0.2, 0) is 6.54 Å². The van der Waals surface area contributed by atoms with Crippen molar-refractivity contribution >= 4 is 0 Å². The van der Waals surface area contributed by atoms with Crippen molar-refractivity contribution in [3.8, 4) is 17.6 Å². The molecule has 0 aliphatic heterocycles. The molecule has 0 fully saturated rings. The predicted molar refractivity (Wildman–Crippen MR) is 70.1 cm³/mol.